The normalized spacial score (nSPS) is 11.3. The van der Waals surface area contributed by atoms with Crippen molar-refractivity contribution >= 4 is 28.5 Å². The van der Waals surface area contributed by atoms with Crippen molar-refractivity contribution in [2.75, 3.05) is 0 Å². The summed E-state index contributed by atoms with van der Waals surface area (Å²) in [4.78, 5) is 22.5. The van der Waals surface area contributed by atoms with Gasteiger partial charge in [0, 0.05) is 18.1 Å². The molecule has 142 valence electrons. The highest BCUT2D eigenvalue weighted by molar-refractivity contribution is 6.20. The molecule has 1 aromatic carbocycles. The Hall–Kier alpha value is -3.81. The minimum absolute atomic E-state index is 0.00189. The van der Waals surface area contributed by atoms with E-state index in [2.05, 4.69) is 32.1 Å². The van der Waals surface area contributed by atoms with E-state index in [0.29, 0.717) is 12.4 Å². The van der Waals surface area contributed by atoms with Crippen LogP contribution in [0.25, 0.3) is 16.7 Å². The van der Waals surface area contributed by atoms with E-state index in [1.165, 1.54) is 17.2 Å². The number of aromatic nitrogens is 4. The summed E-state index contributed by atoms with van der Waals surface area (Å²) in [5.74, 6) is 0.0347. The zero-order chi connectivity index (χ0) is 20.1. The molecular formula is C20H21N7O. The minimum Gasteiger partial charge on any atom is -0.383 e. The Morgan fingerprint density at radius 2 is 1.89 bits per heavy atom. The van der Waals surface area contributed by atoms with Gasteiger partial charge in [-0.2, -0.15) is 10.2 Å². The average molecular weight is 375 g/mol. The van der Waals surface area contributed by atoms with Gasteiger partial charge < -0.3 is 11.1 Å². The highest BCUT2D eigenvalue weighted by Gasteiger charge is 2.14. The Balaban J connectivity index is 1.73. The number of allylic oxidation sites excluding steroid dienone is 1. The van der Waals surface area contributed by atoms with Gasteiger partial charge in [0.2, 0.25) is 0 Å². The fourth-order valence-electron chi connectivity index (χ4n) is 2.57. The number of carbonyl (C=O) groups excluding carboxylic acids is 1. The first-order valence-corrected chi connectivity index (χ1v) is 8.66. The second-order valence-electron chi connectivity index (χ2n) is 6.29. The Kier molecular flexibility index (Phi) is 5.59. The zero-order valence-electron chi connectivity index (χ0n) is 15.8. The third-order valence-corrected chi connectivity index (χ3v) is 4.02. The fraction of sp³-hybridized carbons (Fsp3) is 0.150. The second kappa shape index (κ2) is 8.26. The van der Waals surface area contributed by atoms with Gasteiger partial charge in [-0.3, -0.25) is 9.78 Å². The van der Waals surface area contributed by atoms with Crippen LogP contribution in [0, 0.1) is 0 Å². The Bertz CT molecular complexity index is 1070. The lowest BCUT2D eigenvalue weighted by Crippen LogP contribution is -2.31. The molecule has 28 heavy (non-hydrogen) atoms. The molecule has 0 unspecified atom stereocenters. The molecule has 8 nitrogen and oxygen atoms in total. The molecule has 0 spiro atoms. The molecule has 2 aromatic heterocycles. The molecule has 0 bridgehead atoms. The van der Waals surface area contributed by atoms with Crippen LogP contribution in [-0.2, 0) is 11.3 Å². The van der Waals surface area contributed by atoms with Crippen LogP contribution in [0.3, 0.4) is 0 Å². The maximum absolute atomic E-state index is 12.5. The van der Waals surface area contributed by atoms with Crippen molar-refractivity contribution in [1.82, 2.24) is 25.3 Å². The summed E-state index contributed by atoms with van der Waals surface area (Å²) < 4.78 is 0. The van der Waals surface area contributed by atoms with E-state index in [1.807, 2.05) is 44.2 Å². The lowest BCUT2D eigenvalue weighted by molar-refractivity contribution is -0.117. The Morgan fingerprint density at radius 1 is 1.18 bits per heavy atom. The number of para-hydroxylation sites is 1. The molecule has 3 rings (SSSR count). The Labute approximate surface area is 162 Å². The van der Waals surface area contributed by atoms with Gasteiger partial charge >= 0.3 is 0 Å². The predicted molar refractivity (Wildman–Crippen MR) is 109 cm³/mol. The number of benzene rings is 1. The van der Waals surface area contributed by atoms with Gasteiger partial charge in [0.1, 0.15) is 5.84 Å². The summed E-state index contributed by atoms with van der Waals surface area (Å²) in [6, 6.07) is 9.66. The molecule has 0 aliphatic rings. The summed E-state index contributed by atoms with van der Waals surface area (Å²) in [5, 5.41) is 11.9. The first kappa shape index (κ1) is 19.0. The first-order valence-electron chi connectivity index (χ1n) is 8.66. The van der Waals surface area contributed by atoms with E-state index in [4.69, 9.17) is 5.73 Å². The van der Waals surface area contributed by atoms with Gasteiger partial charge in [-0.15, -0.1) is 4.80 Å². The van der Waals surface area contributed by atoms with Crippen molar-refractivity contribution in [3.8, 4) is 0 Å². The third-order valence-electron chi connectivity index (χ3n) is 4.02. The van der Waals surface area contributed by atoms with Gasteiger partial charge in [0.25, 0.3) is 5.91 Å². The van der Waals surface area contributed by atoms with Crippen molar-refractivity contribution in [2.24, 2.45) is 10.7 Å². The first-order chi connectivity index (χ1) is 13.5. The average Bonchev–Trinajstić information content (AvgIpc) is 3.23. The molecule has 3 aromatic rings. The maximum Gasteiger partial charge on any atom is 0.254 e. The van der Waals surface area contributed by atoms with Crippen molar-refractivity contribution in [3.05, 3.63) is 72.2 Å². The van der Waals surface area contributed by atoms with Crippen molar-refractivity contribution < 1.29 is 4.79 Å². The number of hydrogen-bond acceptors (Lipinski definition) is 5. The lowest BCUT2D eigenvalue weighted by Gasteiger charge is -2.10. The third kappa shape index (κ3) is 4.12. The zero-order valence-corrected chi connectivity index (χ0v) is 15.8. The van der Waals surface area contributed by atoms with E-state index < -0.39 is 5.91 Å². The second-order valence-corrected chi connectivity index (χ2v) is 6.29. The number of nitrogens with two attached hydrogens (primary N) is 1. The molecule has 0 fully saturated rings. The van der Waals surface area contributed by atoms with Gasteiger partial charge in [-0.1, -0.05) is 30.8 Å². The van der Waals surface area contributed by atoms with Gasteiger partial charge in [-0.25, -0.2) is 4.99 Å². The largest absolute Gasteiger partial charge is 0.383 e. The van der Waals surface area contributed by atoms with Crippen LogP contribution in [0.4, 0.5) is 0 Å². The summed E-state index contributed by atoms with van der Waals surface area (Å²) in [7, 11) is 0. The van der Waals surface area contributed by atoms with Crippen LogP contribution >= 0.6 is 0 Å². The highest BCUT2D eigenvalue weighted by Crippen LogP contribution is 2.16. The summed E-state index contributed by atoms with van der Waals surface area (Å²) in [6.07, 6.45) is 4.80. The SMILES string of the molecule is C=C(C(=O)NCc1cccc2cccnc12)/C(N)=N\C(=C(C)C)n1nccn1. The fourth-order valence-corrected chi connectivity index (χ4v) is 2.57. The number of carbonyl (C=O) groups is 1. The number of nitrogens with zero attached hydrogens (tertiary/aromatic N) is 5. The van der Waals surface area contributed by atoms with Crippen molar-refractivity contribution in [3.63, 3.8) is 0 Å². The quantitative estimate of drug-likeness (QED) is 0.390. The number of nitrogens with one attached hydrogen (secondary N) is 1. The predicted octanol–water partition coefficient (Wildman–Crippen LogP) is 2.26. The number of fused-ring (bicyclic) bond motifs is 1. The van der Waals surface area contributed by atoms with Gasteiger partial charge in [0.05, 0.1) is 23.5 Å². The number of pyridine rings is 1. The molecule has 8 heteroatoms. The van der Waals surface area contributed by atoms with Gasteiger partial charge in [-0.05, 0) is 31.1 Å². The number of amidine groups is 1. The van der Waals surface area contributed by atoms with Crippen LogP contribution in [-0.4, -0.2) is 31.7 Å². The van der Waals surface area contributed by atoms with Crippen molar-refractivity contribution in [2.45, 2.75) is 20.4 Å². The van der Waals surface area contributed by atoms with E-state index >= 15 is 0 Å². The summed E-state index contributed by atoms with van der Waals surface area (Å²) in [6.45, 7) is 7.77. The van der Waals surface area contributed by atoms with E-state index in [9.17, 15) is 4.79 Å². The highest BCUT2D eigenvalue weighted by atomic mass is 16.1. The monoisotopic (exact) mass is 375 g/mol. The van der Waals surface area contributed by atoms with Crippen LogP contribution in [0.15, 0.2) is 71.6 Å². The number of aliphatic imine (C=N–C) groups is 1. The molecular weight excluding hydrogens is 354 g/mol. The topological polar surface area (TPSA) is 111 Å². The number of rotatable bonds is 6. The summed E-state index contributed by atoms with van der Waals surface area (Å²) in [5.41, 5.74) is 8.65. The molecule has 0 radical (unpaired) electrons. The van der Waals surface area contributed by atoms with E-state index in [0.717, 1.165) is 22.0 Å². The smallest absolute Gasteiger partial charge is 0.254 e. The summed E-state index contributed by atoms with van der Waals surface area (Å²) >= 11 is 0. The van der Waals surface area contributed by atoms with Crippen LogP contribution in [0.5, 0.6) is 0 Å². The molecule has 3 N–H and O–H groups in total. The van der Waals surface area contributed by atoms with Crippen LogP contribution < -0.4 is 11.1 Å². The van der Waals surface area contributed by atoms with Crippen LogP contribution in [0.2, 0.25) is 0 Å². The minimum atomic E-state index is -0.407. The van der Waals surface area contributed by atoms with Gasteiger partial charge in [0.15, 0.2) is 5.82 Å². The molecule has 1 amide bonds. The molecule has 0 aliphatic heterocycles. The van der Waals surface area contributed by atoms with Crippen LogP contribution in [0.1, 0.15) is 19.4 Å². The van der Waals surface area contributed by atoms with E-state index in [1.54, 1.807) is 6.20 Å². The molecule has 0 saturated heterocycles. The molecule has 0 saturated carbocycles. The molecule has 2 heterocycles. The van der Waals surface area contributed by atoms with Crippen molar-refractivity contribution in [1.29, 1.82) is 0 Å². The number of amides is 1. The maximum atomic E-state index is 12.5. The molecule has 0 atom stereocenters. The lowest BCUT2D eigenvalue weighted by atomic mass is 10.1. The van der Waals surface area contributed by atoms with E-state index in [-0.39, 0.29) is 11.4 Å². The Morgan fingerprint density at radius 3 is 2.61 bits per heavy atom. The standard InChI is InChI=1S/C20H21N7O/c1-13(2)19(27-24-10-11-25-27)26-18(21)14(3)20(28)23-12-16-7-4-6-15-8-5-9-22-17(15)16/h4-11H,3,12H2,1-2H3,(H2,21,26)(H,23,28). The number of hydrogen-bond donors (Lipinski definition) is 2. The molecule has 0 aliphatic carbocycles.